The number of hydrogen-bond donors (Lipinski definition) is 0. The van der Waals surface area contributed by atoms with Crippen molar-refractivity contribution >= 4 is 29.6 Å². The fourth-order valence-electron chi connectivity index (χ4n) is 1.35. The third kappa shape index (κ3) is 5.00. The maximum absolute atomic E-state index is 11.4. The molecule has 0 aliphatic carbocycles. The lowest BCUT2D eigenvalue weighted by molar-refractivity contribution is 0.332. The van der Waals surface area contributed by atoms with Crippen LogP contribution in [-0.2, 0) is 18.9 Å². The molecule has 19 heavy (non-hydrogen) atoms. The molecule has 0 aliphatic rings. The Morgan fingerprint density at radius 1 is 1.21 bits per heavy atom. The molecular weight excluding hydrogens is 312 g/mol. The highest BCUT2D eigenvalue weighted by Gasteiger charge is 2.17. The van der Waals surface area contributed by atoms with E-state index in [1.807, 2.05) is 0 Å². The van der Waals surface area contributed by atoms with E-state index >= 15 is 0 Å². The van der Waals surface area contributed by atoms with Crippen LogP contribution >= 0.6 is 10.7 Å². The summed E-state index contributed by atoms with van der Waals surface area (Å²) < 4.78 is 50.6. The minimum absolute atomic E-state index is 0.0188. The van der Waals surface area contributed by atoms with Crippen LogP contribution in [0.5, 0.6) is 5.75 Å². The predicted octanol–water partition coefficient (Wildman–Crippen LogP) is 1.74. The summed E-state index contributed by atoms with van der Waals surface area (Å²) in [5, 5.41) is 0. The Kier molecular flexibility index (Phi) is 5.23. The largest absolute Gasteiger partial charge is 0.491 e. The minimum Gasteiger partial charge on any atom is -0.491 e. The van der Waals surface area contributed by atoms with E-state index in [4.69, 9.17) is 15.4 Å². The van der Waals surface area contributed by atoms with Crippen LogP contribution in [0.25, 0.3) is 0 Å². The van der Waals surface area contributed by atoms with Gasteiger partial charge in [0.05, 0.1) is 5.75 Å². The number of aryl methyl sites for hydroxylation is 1. The van der Waals surface area contributed by atoms with Crippen molar-refractivity contribution in [2.24, 2.45) is 0 Å². The maximum Gasteiger partial charge on any atom is 0.264 e. The maximum atomic E-state index is 11.4. The SMILES string of the molecule is CCS(=O)(=O)CCOc1ccc(C)cc1S(=O)(=O)Cl. The Morgan fingerprint density at radius 2 is 1.84 bits per heavy atom. The van der Waals surface area contributed by atoms with E-state index < -0.39 is 18.9 Å². The zero-order valence-electron chi connectivity index (χ0n) is 10.6. The molecule has 1 aromatic carbocycles. The number of halogens is 1. The molecule has 0 spiro atoms. The van der Waals surface area contributed by atoms with E-state index in [2.05, 4.69) is 0 Å². The van der Waals surface area contributed by atoms with Gasteiger partial charge >= 0.3 is 0 Å². The van der Waals surface area contributed by atoms with Crippen molar-refractivity contribution in [2.75, 3.05) is 18.1 Å². The van der Waals surface area contributed by atoms with E-state index in [0.717, 1.165) is 0 Å². The molecule has 0 saturated carbocycles. The second-order valence-corrected chi connectivity index (χ2v) is 8.98. The summed E-state index contributed by atoms with van der Waals surface area (Å²) in [4.78, 5) is -0.150. The molecule has 108 valence electrons. The van der Waals surface area contributed by atoms with Gasteiger partial charge in [0, 0.05) is 16.4 Å². The Balaban J connectivity index is 2.91. The summed E-state index contributed by atoms with van der Waals surface area (Å²) in [7, 11) is -1.78. The van der Waals surface area contributed by atoms with Crippen LogP contribution in [0, 0.1) is 6.92 Å². The highest BCUT2D eigenvalue weighted by Crippen LogP contribution is 2.27. The zero-order chi connectivity index (χ0) is 14.7. The molecule has 0 N–H and O–H groups in total. The normalized spacial score (nSPS) is 12.4. The van der Waals surface area contributed by atoms with Gasteiger partial charge in [0.25, 0.3) is 9.05 Å². The van der Waals surface area contributed by atoms with Crippen molar-refractivity contribution < 1.29 is 21.6 Å². The van der Waals surface area contributed by atoms with Gasteiger partial charge in [-0.15, -0.1) is 0 Å². The first-order chi connectivity index (χ1) is 8.65. The predicted molar refractivity (Wildman–Crippen MR) is 74.0 cm³/mol. The van der Waals surface area contributed by atoms with Gasteiger partial charge in [-0.1, -0.05) is 13.0 Å². The summed E-state index contributed by atoms with van der Waals surface area (Å²) in [5.41, 5.74) is 0.716. The smallest absolute Gasteiger partial charge is 0.264 e. The van der Waals surface area contributed by atoms with Crippen molar-refractivity contribution in [3.05, 3.63) is 23.8 Å². The lowest BCUT2D eigenvalue weighted by Crippen LogP contribution is -2.16. The van der Waals surface area contributed by atoms with Gasteiger partial charge in [0.2, 0.25) is 0 Å². The molecule has 0 fully saturated rings. The number of rotatable bonds is 6. The van der Waals surface area contributed by atoms with Crippen LogP contribution < -0.4 is 4.74 Å². The van der Waals surface area contributed by atoms with Gasteiger partial charge in [0.15, 0.2) is 9.84 Å². The Labute approximate surface area is 117 Å². The van der Waals surface area contributed by atoms with Gasteiger partial charge in [-0.2, -0.15) is 0 Å². The lowest BCUT2D eigenvalue weighted by Gasteiger charge is -2.10. The van der Waals surface area contributed by atoms with Gasteiger partial charge in [0.1, 0.15) is 17.3 Å². The number of hydrogen-bond acceptors (Lipinski definition) is 5. The molecule has 0 aromatic heterocycles. The topological polar surface area (TPSA) is 77.5 Å². The Bertz CT molecular complexity index is 650. The zero-order valence-corrected chi connectivity index (χ0v) is 13.0. The van der Waals surface area contributed by atoms with E-state index in [9.17, 15) is 16.8 Å². The fraction of sp³-hybridized carbons (Fsp3) is 0.455. The first kappa shape index (κ1) is 16.3. The minimum atomic E-state index is -3.93. The van der Waals surface area contributed by atoms with Crippen molar-refractivity contribution in [1.29, 1.82) is 0 Å². The molecule has 1 rings (SSSR count). The van der Waals surface area contributed by atoms with Gasteiger partial charge in [-0.3, -0.25) is 0 Å². The first-order valence-electron chi connectivity index (χ1n) is 5.54. The summed E-state index contributed by atoms with van der Waals surface area (Å²) >= 11 is 0. The van der Waals surface area contributed by atoms with Crippen LogP contribution in [0.3, 0.4) is 0 Å². The second kappa shape index (κ2) is 6.11. The monoisotopic (exact) mass is 326 g/mol. The fourth-order valence-corrected chi connectivity index (χ4v) is 3.03. The summed E-state index contributed by atoms with van der Waals surface area (Å²) in [6, 6.07) is 4.50. The average molecular weight is 327 g/mol. The van der Waals surface area contributed by atoms with Gasteiger partial charge in [-0.05, 0) is 24.6 Å². The van der Waals surface area contributed by atoms with Crippen LogP contribution in [0.1, 0.15) is 12.5 Å². The van der Waals surface area contributed by atoms with Crippen molar-refractivity contribution in [2.45, 2.75) is 18.7 Å². The number of ether oxygens (including phenoxy) is 1. The standard InChI is InChI=1S/C11H15ClO5S2/c1-3-18(13,14)7-6-17-10-5-4-9(2)8-11(10)19(12,15)16/h4-5,8H,3,6-7H2,1-2H3. The summed E-state index contributed by atoms with van der Waals surface area (Å²) in [5.74, 6) is -0.0868. The molecule has 0 atom stereocenters. The quantitative estimate of drug-likeness (QED) is 0.744. The molecule has 8 heteroatoms. The molecule has 0 unspecified atom stereocenters. The summed E-state index contributed by atoms with van der Waals surface area (Å²) in [6.45, 7) is 3.14. The lowest BCUT2D eigenvalue weighted by atomic mass is 10.2. The molecule has 0 heterocycles. The van der Waals surface area contributed by atoms with E-state index in [1.165, 1.54) is 19.1 Å². The molecule has 0 aliphatic heterocycles. The van der Waals surface area contributed by atoms with Crippen molar-refractivity contribution in [3.63, 3.8) is 0 Å². The molecular formula is C11H15ClO5S2. The van der Waals surface area contributed by atoms with Crippen LogP contribution in [0.4, 0.5) is 0 Å². The van der Waals surface area contributed by atoms with Gasteiger partial charge in [-0.25, -0.2) is 16.8 Å². The number of sulfone groups is 1. The molecule has 5 nitrogen and oxygen atoms in total. The van der Waals surface area contributed by atoms with Crippen LogP contribution in [-0.4, -0.2) is 34.9 Å². The Hall–Kier alpha value is -0.790. The van der Waals surface area contributed by atoms with E-state index in [0.29, 0.717) is 5.56 Å². The van der Waals surface area contributed by atoms with Crippen molar-refractivity contribution in [1.82, 2.24) is 0 Å². The molecule has 0 saturated heterocycles. The highest BCUT2D eigenvalue weighted by atomic mass is 35.7. The van der Waals surface area contributed by atoms with E-state index in [-0.39, 0.29) is 28.8 Å². The van der Waals surface area contributed by atoms with Crippen LogP contribution in [0.2, 0.25) is 0 Å². The first-order valence-corrected chi connectivity index (χ1v) is 9.67. The molecule has 0 bridgehead atoms. The number of benzene rings is 1. The third-order valence-electron chi connectivity index (χ3n) is 2.45. The third-order valence-corrected chi connectivity index (χ3v) is 5.47. The highest BCUT2D eigenvalue weighted by molar-refractivity contribution is 8.13. The van der Waals surface area contributed by atoms with Crippen LogP contribution in [0.15, 0.2) is 23.1 Å². The summed E-state index contributed by atoms with van der Waals surface area (Å²) in [6.07, 6.45) is 0. The second-order valence-electron chi connectivity index (χ2n) is 3.97. The molecule has 1 aromatic rings. The van der Waals surface area contributed by atoms with Gasteiger partial charge < -0.3 is 4.74 Å². The van der Waals surface area contributed by atoms with Crippen molar-refractivity contribution in [3.8, 4) is 5.75 Å². The molecule has 0 amide bonds. The average Bonchev–Trinajstić information content (AvgIpc) is 2.29. The Morgan fingerprint density at radius 3 is 2.37 bits per heavy atom. The van der Waals surface area contributed by atoms with E-state index in [1.54, 1.807) is 13.0 Å². The molecule has 0 radical (unpaired) electrons.